The zero-order chi connectivity index (χ0) is 11.9. The Morgan fingerprint density at radius 3 is 2.82 bits per heavy atom. The van der Waals surface area contributed by atoms with E-state index in [1.807, 2.05) is 18.2 Å². The van der Waals surface area contributed by atoms with Crippen LogP contribution in [0, 0.1) is 0 Å². The Hall–Kier alpha value is -1.33. The van der Waals surface area contributed by atoms with E-state index in [1.54, 1.807) is 11.1 Å². The minimum atomic E-state index is -0.0288. The first kappa shape index (κ1) is 12.1. The van der Waals surface area contributed by atoms with Gasteiger partial charge >= 0.3 is 6.03 Å². The molecule has 0 radical (unpaired) electrons. The second-order valence-electron chi connectivity index (χ2n) is 4.11. The molecule has 2 amide bonds. The molecule has 2 rings (SSSR count). The molecule has 0 aromatic carbocycles. The summed E-state index contributed by atoms with van der Waals surface area (Å²) in [5.41, 5.74) is 0. The summed E-state index contributed by atoms with van der Waals surface area (Å²) in [5.74, 6) is 0. The first-order chi connectivity index (χ1) is 8.36. The molecule has 0 saturated carbocycles. The maximum atomic E-state index is 11.7. The molecule has 0 atom stereocenters. The highest BCUT2D eigenvalue weighted by Crippen LogP contribution is 1.99. The number of hydrogen-bond donors (Lipinski definition) is 1. The van der Waals surface area contributed by atoms with Crippen LogP contribution < -0.4 is 5.32 Å². The number of hydrogen-bond acceptors (Lipinski definition) is 3. The monoisotopic (exact) mass is 237 g/mol. The standard InChI is InChI=1S/C12H19N3O2/c16-12(15-5-2-1-3-6-15)13-4-7-14-8-10-17-11-9-14/h1-3,5H,4,6-11H2,(H,13,16). The van der Waals surface area contributed by atoms with Gasteiger partial charge in [0.2, 0.25) is 0 Å². The van der Waals surface area contributed by atoms with Gasteiger partial charge < -0.3 is 10.1 Å². The van der Waals surface area contributed by atoms with Crippen LogP contribution in [0.1, 0.15) is 0 Å². The van der Waals surface area contributed by atoms with Gasteiger partial charge in [-0.2, -0.15) is 0 Å². The van der Waals surface area contributed by atoms with Crippen molar-refractivity contribution >= 4 is 6.03 Å². The summed E-state index contributed by atoms with van der Waals surface area (Å²) in [6.45, 7) is 5.75. The molecule has 0 bridgehead atoms. The fraction of sp³-hybridized carbons (Fsp3) is 0.583. The highest BCUT2D eigenvalue weighted by molar-refractivity contribution is 5.75. The van der Waals surface area contributed by atoms with Crippen LogP contribution in [0.5, 0.6) is 0 Å². The van der Waals surface area contributed by atoms with E-state index in [9.17, 15) is 4.79 Å². The lowest BCUT2D eigenvalue weighted by Crippen LogP contribution is -2.44. The Morgan fingerprint density at radius 2 is 2.12 bits per heavy atom. The molecule has 1 N–H and O–H groups in total. The number of carbonyl (C=O) groups excluding carboxylic acids is 1. The van der Waals surface area contributed by atoms with Gasteiger partial charge in [0.15, 0.2) is 0 Å². The van der Waals surface area contributed by atoms with Gasteiger partial charge in [-0.1, -0.05) is 12.2 Å². The van der Waals surface area contributed by atoms with Crippen molar-refractivity contribution < 1.29 is 9.53 Å². The third-order valence-electron chi connectivity index (χ3n) is 2.88. The van der Waals surface area contributed by atoms with E-state index in [4.69, 9.17) is 4.74 Å². The number of ether oxygens (including phenoxy) is 1. The van der Waals surface area contributed by atoms with Gasteiger partial charge in [0.1, 0.15) is 0 Å². The predicted octanol–water partition coefficient (Wildman–Crippen LogP) is 0.414. The van der Waals surface area contributed by atoms with E-state index in [2.05, 4.69) is 10.2 Å². The zero-order valence-corrected chi connectivity index (χ0v) is 9.97. The maximum absolute atomic E-state index is 11.7. The number of rotatable bonds is 3. The molecule has 5 heteroatoms. The fourth-order valence-corrected chi connectivity index (χ4v) is 1.87. The van der Waals surface area contributed by atoms with Crippen molar-refractivity contribution in [3.05, 3.63) is 24.4 Å². The van der Waals surface area contributed by atoms with Crippen LogP contribution in [0.15, 0.2) is 24.4 Å². The number of nitrogens with zero attached hydrogens (tertiary/aromatic N) is 2. The van der Waals surface area contributed by atoms with E-state index in [0.717, 1.165) is 32.8 Å². The normalized spacial score (nSPS) is 20.6. The van der Waals surface area contributed by atoms with Crippen LogP contribution in [0.4, 0.5) is 4.79 Å². The van der Waals surface area contributed by atoms with E-state index in [0.29, 0.717) is 13.1 Å². The molecule has 1 saturated heterocycles. The molecule has 2 aliphatic rings. The molecule has 1 fully saturated rings. The highest BCUT2D eigenvalue weighted by atomic mass is 16.5. The van der Waals surface area contributed by atoms with Gasteiger partial charge in [-0.15, -0.1) is 0 Å². The smallest absolute Gasteiger partial charge is 0.321 e. The largest absolute Gasteiger partial charge is 0.379 e. The van der Waals surface area contributed by atoms with E-state index < -0.39 is 0 Å². The molecule has 0 unspecified atom stereocenters. The molecule has 0 aliphatic carbocycles. The minimum absolute atomic E-state index is 0.0288. The number of amides is 2. The summed E-state index contributed by atoms with van der Waals surface area (Å²) >= 11 is 0. The molecular formula is C12H19N3O2. The maximum Gasteiger partial charge on any atom is 0.321 e. The van der Waals surface area contributed by atoms with Gasteiger partial charge in [0.05, 0.1) is 13.2 Å². The van der Waals surface area contributed by atoms with Crippen LogP contribution in [0.2, 0.25) is 0 Å². The number of urea groups is 1. The SMILES string of the molecule is O=C(NCCN1CCOCC1)N1C=CC=CC1. The van der Waals surface area contributed by atoms with Crippen molar-refractivity contribution in [2.75, 3.05) is 45.9 Å². The van der Waals surface area contributed by atoms with Crippen LogP contribution in [-0.2, 0) is 4.74 Å². The minimum Gasteiger partial charge on any atom is -0.379 e. The summed E-state index contributed by atoms with van der Waals surface area (Å²) in [7, 11) is 0. The average Bonchev–Trinajstić information content (AvgIpc) is 2.41. The molecule has 94 valence electrons. The molecule has 0 aromatic rings. The summed E-state index contributed by atoms with van der Waals surface area (Å²) in [6.07, 6.45) is 7.56. The Morgan fingerprint density at radius 1 is 1.29 bits per heavy atom. The summed E-state index contributed by atoms with van der Waals surface area (Å²) in [5, 5.41) is 2.92. The van der Waals surface area contributed by atoms with Crippen molar-refractivity contribution in [1.82, 2.24) is 15.1 Å². The van der Waals surface area contributed by atoms with Crippen molar-refractivity contribution in [1.29, 1.82) is 0 Å². The Labute approximate surface area is 102 Å². The Bertz CT molecular complexity index is 309. The van der Waals surface area contributed by atoms with Crippen molar-refractivity contribution in [3.8, 4) is 0 Å². The number of allylic oxidation sites excluding steroid dienone is 2. The summed E-state index contributed by atoms with van der Waals surface area (Å²) in [4.78, 5) is 15.7. The van der Waals surface area contributed by atoms with Gasteiger partial charge in [-0.3, -0.25) is 9.80 Å². The quantitative estimate of drug-likeness (QED) is 0.773. The van der Waals surface area contributed by atoms with Gasteiger partial charge in [0.25, 0.3) is 0 Å². The topological polar surface area (TPSA) is 44.8 Å². The first-order valence-electron chi connectivity index (χ1n) is 6.04. The van der Waals surface area contributed by atoms with E-state index in [1.165, 1.54) is 0 Å². The van der Waals surface area contributed by atoms with Gasteiger partial charge in [-0.05, 0) is 6.08 Å². The zero-order valence-electron chi connectivity index (χ0n) is 9.97. The van der Waals surface area contributed by atoms with Crippen LogP contribution >= 0.6 is 0 Å². The molecule has 2 heterocycles. The van der Waals surface area contributed by atoms with Crippen LogP contribution in [0.3, 0.4) is 0 Å². The lowest BCUT2D eigenvalue weighted by atomic mass is 10.3. The third-order valence-corrected chi connectivity index (χ3v) is 2.88. The first-order valence-corrected chi connectivity index (χ1v) is 6.04. The molecule has 5 nitrogen and oxygen atoms in total. The lowest BCUT2D eigenvalue weighted by Gasteiger charge is -2.27. The van der Waals surface area contributed by atoms with Crippen LogP contribution in [0.25, 0.3) is 0 Å². The number of morpholine rings is 1. The molecule has 0 aromatic heterocycles. The predicted molar refractivity (Wildman–Crippen MR) is 65.6 cm³/mol. The van der Waals surface area contributed by atoms with Gasteiger partial charge in [-0.25, -0.2) is 4.79 Å². The van der Waals surface area contributed by atoms with E-state index in [-0.39, 0.29) is 6.03 Å². The summed E-state index contributed by atoms with van der Waals surface area (Å²) < 4.78 is 5.27. The average molecular weight is 237 g/mol. The molecular weight excluding hydrogens is 218 g/mol. The van der Waals surface area contributed by atoms with E-state index >= 15 is 0 Å². The van der Waals surface area contributed by atoms with Gasteiger partial charge in [0, 0.05) is 38.9 Å². The molecule has 17 heavy (non-hydrogen) atoms. The fourth-order valence-electron chi connectivity index (χ4n) is 1.87. The molecule has 2 aliphatic heterocycles. The summed E-state index contributed by atoms with van der Waals surface area (Å²) in [6, 6.07) is -0.0288. The second kappa shape index (κ2) is 6.42. The second-order valence-corrected chi connectivity index (χ2v) is 4.11. The van der Waals surface area contributed by atoms with Crippen molar-refractivity contribution in [2.45, 2.75) is 0 Å². The van der Waals surface area contributed by atoms with Crippen LogP contribution in [-0.4, -0.2) is 61.8 Å². The number of carbonyl (C=O) groups is 1. The third kappa shape index (κ3) is 3.87. The molecule has 0 spiro atoms. The lowest BCUT2D eigenvalue weighted by molar-refractivity contribution is 0.0386. The Balaban J connectivity index is 1.62. The van der Waals surface area contributed by atoms with Crippen molar-refractivity contribution in [3.63, 3.8) is 0 Å². The van der Waals surface area contributed by atoms with Crippen molar-refractivity contribution in [2.24, 2.45) is 0 Å². The highest BCUT2D eigenvalue weighted by Gasteiger charge is 2.12. The Kier molecular flexibility index (Phi) is 4.58. The number of nitrogens with one attached hydrogen (secondary N) is 1.